The largest absolute Gasteiger partial charge is 0.506 e. The van der Waals surface area contributed by atoms with Crippen molar-refractivity contribution in [1.29, 1.82) is 0 Å². The molecule has 0 saturated heterocycles. The van der Waals surface area contributed by atoms with E-state index >= 15 is 0 Å². The van der Waals surface area contributed by atoms with Gasteiger partial charge in [-0.15, -0.1) is 0 Å². The van der Waals surface area contributed by atoms with Crippen LogP contribution in [0.5, 0.6) is 5.75 Å². The molecule has 17 heavy (non-hydrogen) atoms. The monoisotopic (exact) mass is 268 g/mol. The maximum absolute atomic E-state index is 12.8. The number of phenolic OH excluding ortho intramolecular Hbond substituents is 1. The molecule has 1 atom stereocenters. The number of amides is 1. The van der Waals surface area contributed by atoms with Gasteiger partial charge in [-0.05, 0) is 12.1 Å². The number of benzene rings is 1. The lowest BCUT2D eigenvalue weighted by atomic mass is 10.2. The summed E-state index contributed by atoms with van der Waals surface area (Å²) in [6.45, 7) is 0. The number of aromatic hydroxyl groups is 1. The number of hydrogen-bond donors (Lipinski definition) is 3. The molecule has 94 valence electrons. The number of rotatable bonds is 3. The summed E-state index contributed by atoms with van der Waals surface area (Å²) in [5.41, 5.74) is 1.99. The van der Waals surface area contributed by atoms with Crippen LogP contribution >= 0.6 is 11.6 Å². The van der Waals surface area contributed by atoms with Gasteiger partial charge in [0.25, 0.3) is 5.91 Å². The Morgan fingerprint density at radius 3 is 2.59 bits per heavy atom. The predicted octanol–water partition coefficient (Wildman–Crippen LogP) is 2.08. The lowest BCUT2D eigenvalue weighted by Gasteiger charge is -2.16. The molecule has 1 aromatic rings. The number of carbonyl (C=O) groups excluding carboxylic acids is 1. The van der Waals surface area contributed by atoms with Gasteiger partial charge in [-0.2, -0.15) is 8.78 Å². The van der Waals surface area contributed by atoms with Gasteiger partial charge >= 0.3 is 5.92 Å². The van der Waals surface area contributed by atoms with Crippen LogP contribution in [0.1, 0.15) is 0 Å². The van der Waals surface area contributed by atoms with Crippen LogP contribution in [0.4, 0.5) is 24.5 Å². The van der Waals surface area contributed by atoms with E-state index in [1.807, 2.05) is 0 Å². The predicted molar refractivity (Wildman–Crippen MR) is 56.8 cm³/mol. The number of anilines is 2. The smallest absolute Gasteiger partial charge is 0.368 e. The number of carbonyl (C=O) groups is 1. The minimum Gasteiger partial charge on any atom is -0.506 e. The molecule has 1 amide bonds. The summed E-state index contributed by atoms with van der Waals surface area (Å²) in [4.78, 5) is 11.0. The lowest BCUT2D eigenvalue weighted by molar-refractivity contribution is -0.144. The first-order valence-electron chi connectivity index (χ1n) is 4.31. The molecule has 0 saturated carbocycles. The van der Waals surface area contributed by atoms with Crippen LogP contribution in [0.3, 0.4) is 0 Å². The Balaban J connectivity index is 2.89. The summed E-state index contributed by atoms with van der Waals surface area (Å²) in [5, 5.41) is 10.9. The zero-order valence-corrected chi connectivity index (χ0v) is 9.01. The number of nitrogen functional groups attached to an aromatic ring is 1. The van der Waals surface area contributed by atoms with E-state index in [-0.39, 0.29) is 11.4 Å². The van der Waals surface area contributed by atoms with Crippen LogP contribution in [0.15, 0.2) is 18.2 Å². The van der Waals surface area contributed by atoms with Crippen LogP contribution in [-0.2, 0) is 4.79 Å². The maximum Gasteiger partial charge on any atom is 0.368 e. The molecule has 0 bridgehead atoms. The first-order chi connectivity index (χ1) is 7.75. The Hall–Kier alpha value is -1.63. The van der Waals surface area contributed by atoms with Crippen molar-refractivity contribution in [2.75, 3.05) is 11.1 Å². The SMILES string of the molecule is Nc1ccc(NC(=O)C(F)(F)C(F)Cl)c(O)c1. The van der Waals surface area contributed by atoms with Gasteiger partial charge in [-0.3, -0.25) is 4.79 Å². The van der Waals surface area contributed by atoms with Gasteiger partial charge in [0.15, 0.2) is 0 Å². The van der Waals surface area contributed by atoms with Crippen molar-refractivity contribution in [3.63, 3.8) is 0 Å². The van der Waals surface area contributed by atoms with Crippen molar-refractivity contribution in [3.05, 3.63) is 18.2 Å². The second-order valence-electron chi connectivity index (χ2n) is 3.15. The minimum absolute atomic E-state index is 0.174. The molecule has 0 aliphatic carbocycles. The van der Waals surface area contributed by atoms with Crippen LogP contribution in [0, 0.1) is 0 Å². The Kier molecular flexibility index (Phi) is 3.72. The molecule has 1 rings (SSSR count). The van der Waals surface area contributed by atoms with E-state index in [9.17, 15) is 23.1 Å². The van der Waals surface area contributed by atoms with Crippen molar-refractivity contribution >= 4 is 28.9 Å². The van der Waals surface area contributed by atoms with Crippen molar-refractivity contribution in [3.8, 4) is 5.75 Å². The molecule has 0 aliphatic heterocycles. The summed E-state index contributed by atoms with van der Waals surface area (Å²) in [5.74, 6) is -6.87. The average molecular weight is 269 g/mol. The Bertz CT molecular complexity index is 440. The lowest BCUT2D eigenvalue weighted by Crippen LogP contribution is -2.40. The van der Waals surface area contributed by atoms with Gasteiger partial charge in [0.2, 0.25) is 5.63 Å². The standard InChI is InChI=1S/C9H8ClF3N2O2/c10-7(11)9(12,13)8(17)15-5-2-1-4(14)3-6(5)16/h1-3,7,16H,14H2,(H,15,17). The van der Waals surface area contributed by atoms with Gasteiger partial charge < -0.3 is 16.2 Å². The first-order valence-corrected chi connectivity index (χ1v) is 4.74. The van der Waals surface area contributed by atoms with Crippen molar-refractivity contribution in [2.45, 2.75) is 11.6 Å². The number of nitrogens with one attached hydrogen (secondary N) is 1. The number of alkyl halides is 4. The topological polar surface area (TPSA) is 75.3 Å². The Morgan fingerprint density at radius 1 is 1.53 bits per heavy atom. The van der Waals surface area contributed by atoms with Crippen LogP contribution in [-0.4, -0.2) is 22.6 Å². The van der Waals surface area contributed by atoms with Gasteiger partial charge in [0.1, 0.15) is 5.75 Å². The van der Waals surface area contributed by atoms with Crippen LogP contribution in [0.2, 0.25) is 0 Å². The average Bonchev–Trinajstić information content (AvgIpc) is 2.21. The fraction of sp³-hybridized carbons (Fsp3) is 0.222. The molecule has 0 aliphatic rings. The molecule has 4 N–H and O–H groups in total. The summed E-state index contributed by atoms with van der Waals surface area (Å²) in [7, 11) is 0. The summed E-state index contributed by atoms with van der Waals surface area (Å²) >= 11 is 4.54. The number of phenols is 1. The molecule has 1 unspecified atom stereocenters. The van der Waals surface area contributed by atoms with E-state index in [0.717, 1.165) is 12.1 Å². The quantitative estimate of drug-likeness (QED) is 0.446. The second kappa shape index (κ2) is 4.70. The summed E-state index contributed by atoms with van der Waals surface area (Å²) < 4.78 is 37.9. The summed E-state index contributed by atoms with van der Waals surface area (Å²) in [6, 6.07) is 3.41. The van der Waals surface area contributed by atoms with Crippen LogP contribution < -0.4 is 11.1 Å². The molecule has 0 fully saturated rings. The van der Waals surface area contributed by atoms with E-state index in [4.69, 9.17) is 5.73 Å². The maximum atomic E-state index is 12.8. The van der Waals surface area contributed by atoms with E-state index in [1.54, 1.807) is 5.32 Å². The van der Waals surface area contributed by atoms with E-state index in [2.05, 4.69) is 11.6 Å². The summed E-state index contributed by atoms with van der Waals surface area (Å²) in [6.07, 6.45) is 0. The van der Waals surface area contributed by atoms with E-state index < -0.39 is 23.2 Å². The van der Waals surface area contributed by atoms with E-state index in [1.165, 1.54) is 6.07 Å². The minimum atomic E-state index is -4.39. The van der Waals surface area contributed by atoms with Crippen LogP contribution in [0.25, 0.3) is 0 Å². The van der Waals surface area contributed by atoms with Crippen molar-refractivity contribution < 1.29 is 23.1 Å². The Morgan fingerprint density at radius 2 is 2.12 bits per heavy atom. The van der Waals surface area contributed by atoms with E-state index in [0.29, 0.717) is 0 Å². The van der Waals surface area contributed by atoms with Gasteiger partial charge in [0.05, 0.1) is 5.69 Å². The highest BCUT2D eigenvalue weighted by molar-refractivity contribution is 6.22. The van der Waals surface area contributed by atoms with Gasteiger partial charge in [-0.1, -0.05) is 11.6 Å². The molecular formula is C9H8ClF3N2O2. The molecule has 0 aromatic heterocycles. The van der Waals surface area contributed by atoms with Gasteiger partial charge in [-0.25, -0.2) is 4.39 Å². The third-order valence-corrected chi connectivity index (χ3v) is 2.12. The van der Waals surface area contributed by atoms with Crippen molar-refractivity contribution in [2.24, 2.45) is 0 Å². The third-order valence-electron chi connectivity index (χ3n) is 1.85. The normalized spacial score (nSPS) is 13.2. The highest BCUT2D eigenvalue weighted by Crippen LogP contribution is 2.30. The fourth-order valence-electron chi connectivity index (χ4n) is 0.959. The number of halogens is 4. The number of nitrogens with two attached hydrogens (primary N) is 1. The molecule has 4 nitrogen and oxygen atoms in total. The molecular weight excluding hydrogens is 261 g/mol. The molecule has 1 aromatic carbocycles. The first kappa shape index (κ1) is 13.4. The Labute approximate surface area is 99.2 Å². The highest BCUT2D eigenvalue weighted by atomic mass is 35.5. The fourth-order valence-corrected chi connectivity index (χ4v) is 1.06. The zero-order chi connectivity index (χ0) is 13.2. The molecule has 0 radical (unpaired) electrons. The number of hydrogen-bond acceptors (Lipinski definition) is 3. The van der Waals surface area contributed by atoms with Gasteiger partial charge in [0, 0.05) is 11.8 Å². The van der Waals surface area contributed by atoms with Crippen molar-refractivity contribution in [1.82, 2.24) is 0 Å². The zero-order valence-electron chi connectivity index (χ0n) is 8.25. The second-order valence-corrected chi connectivity index (χ2v) is 3.54. The highest BCUT2D eigenvalue weighted by Gasteiger charge is 2.47. The molecule has 8 heteroatoms. The molecule has 0 spiro atoms. The molecule has 0 heterocycles. The third kappa shape index (κ3) is 2.94.